The minimum absolute atomic E-state index is 0.641. The van der Waals surface area contributed by atoms with Crippen LogP contribution >= 0.6 is 0 Å². The molecule has 0 N–H and O–H groups in total. The molecule has 3 heterocycles. The molecule has 0 spiro atoms. The molecule has 2 aromatic heterocycles. The molecule has 3 nitrogen and oxygen atoms in total. The summed E-state index contributed by atoms with van der Waals surface area (Å²) in [4.78, 5) is 11.0. The highest BCUT2D eigenvalue weighted by atomic mass is 15.1. The molecule has 0 aromatic carbocycles. The van der Waals surface area contributed by atoms with E-state index >= 15 is 0 Å². The quantitative estimate of drug-likeness (QED) is 0.855. The number of hydrogen-bond acceptors (Lipinski definition) is 3. The fraction of sp³-hybridized carbons (Fsp3) is 0.412. The van der Waals surface area contributed by atoms with Crippen LogP contribution in [-0.4, -0.2) is 28.0 Å². The molecular formula is C17H21N3. The molecule has 104 valence electrons. The zero-order valence-electron chi connectivity index (χ0n) is 12.0. The van der Waals surface area contributed by atoms with Crippen LogP contribution in [0.25, 0.3) is 0 Å². The van der Waals surface area contributed by atoms with Crippen LogP contribution in [0.2, 0.25) is 0 Å². The van der Waals surface area contributed by atoms with E-state index in [4.69, 9.17) is 0 Å². The number of rotatable bonds is 3. The van der Waals surface area contributed by atoms with Crippen molar-refractivity contribution >= 4 is 0 Å². The molecule has 3 heteroatoms. The SMILES string of the molecule is Cc1cc([C@@H]2CCCN(Cc3cccnc3)C2)ccn1. The monoisotopic (exact) mass is 267 g/mol. The lowest BCUT2D eigenvalue weighted by Gasteiger charge is -2.33. The van der Waals surface area contributed by atoms with Gasteiger partial charge in [0.1, 0.15) is 0 Å². The molecule has 20 heavy (non-hydrogen) atoms. The highest BCUT2D eigenvalue weighted by molar-refractivity contribution is 5.21. The average Bonchev–Trinajstić information content (AvgIpc) is 2.49. The topological polar surface area (TPSA) is 29.0 Å². The lowest BCUT2D eigenvalue weighted by Crippen LogP contribution is -2.33. The fourth-order valence-electron chi connectivity index (χ4n) is 3.04. The third-order valence-corrected chi connectivity index (χ3v) is 4.03. The maximum absolute atomic E-state index is 4.30. The summed E-state index contributed by atoms with van der Waals surface area (Å²) in [5.74, 6) is 0.641. The largest absolute Gasteiger partial charge is 0.298 e. The Bertz CT molecular complexity index is 553. The van der Waals surface area contributed by atoms with Gasteiger partial charge in [-0.3, -0.25) is 14.9 Å². The van der Waals surface area contributed by atoms with E-state index in [-0.39, 0.29) is 0 Å². The first kappa shape index (κ1) is 13.3. The summed E-state index contributed by atoms with van der Waals surface area (Å²) in [6, 6.07) is 8.58. The Balaban J connectivity index is 1.67. The second-order valence-electron chi connectivity index (χ2n) is 5.67. The second kappa shape index (κ2) is 6.14. The standard InChI is InChI=1S/C17H21N3/c1-14-10-16(6-8-19-14)17-5-3-9-20(13-17)12-15-4-2-7-18-11-15/h2,4,6-8,10-11,17H,3,5,9,12-13H2,1H3/t17-/m1/s1. The number of aromatic nitrogens is 2. The smallest absolute Gasteiger partial charge is 0.0375 e. The Morgan fingerprint density at radius 3 is 3.05 bits per heavy atom. The Morgan fingerprint density at radius 2 is 2.25 bits per heavy atom. The maximum Gasteiger partial charge on any atom is 0.0375 e. The number of aryl methyl sites for hydroxylation is 1. The van der Waals surface area contributed by atoms with E-state index < -0.39 is 0 Å². The molecule has 0 amide bonds. The van der Waals surface area contributed by atoms with E-state index in [9.17, 15) is 0 Å². The highest BCUT2D eigenvalue weighted by Crippen LogP contribution is 2.27. The van der Waals surface area contributed by atoms with Crippen LogP contribution in [0.5, 0.6) is 0 Å². The molecule has 1 aliphatic rings. The first-order valence-electron chi connectivity index (χ1n) is 7.35. The predicted molar refractivity (Wildman–Crippen MR) is 80.5 cm³/mol. The van der Waals surface area contributed by atoms with Crippen LogP contribution in [0.4, 0.5) is 0 Å². The molecule has 0 aliphatic carbocycles. The highest BCUT2D eigenvalue weighted by Gasteiger charge is 2.21. The summed E-state index contributed by atoms with van der Waals surface area (Å²) < 4.78 is 0. The maximum atomic E-state index is 4.30. The van der Waals surface area contributed by atoms with Crippen molar-refractivity contribution in [3.05, 3.63) is 59.7 Å². The summed E-state index contributed by atoms with van der Waals surface area (Å²) in [6.07, 6.45) is 8.30. The van der Waals surface area contributed by atoms with Crippen LogP contribution in [-0.2, 0) is 6.54 Å². The van der Waals surface area contributed by atoms with Gasteiger partial charge in [0.15, 0.2) is 0 Å². The van der Waals surface area contributed by atoms with E-state index in [1.54, 1.807) is 0 Å². The van der Waals surface area contributed by atoms with Crippen LogP contribution in [0.3, 0.4) is 0 Å². The molecule has 1 aliphatic heterocycles. The van der Waals surface area contributed by atoms with Crippen LogP contribution < -0.4 is 0 Å². The van der Waals surface area contributed by atoms with Crippen molar-refractivity contribution < 1.29 is 0 Å². The van der Waals surface area contributed by atoms with E-state index in [2.05, 4.69) is 40.0 Å². The van der Waals surface area contributed by atoms with Gasteiger partial charge in [-0.05, 0) is 61.6 Å². The van der Waals surface area contributed by atoms with Gasteiger partial charge in [0.25, 0.3) is 0 Å². The van der Waals surface area contributed by atoms with Gasteiger partial charge in [-0.25, -0.2) is 0 Å². The van der Waals surface area contributed by atoms with Gasteiger partial charge in [0.2, 0.25) is 0 Å². The van der Waals surface area contributed by atoms with Gasteiger partial charge in [0.05, 0.1) is 0 Å². The molecule has 0 radical (unpaired) electrons. The van der Waals surface area contributed by atoms with Gasteiger partial charge in [-0.1, -0.05) is 6.07 Å². The third kappa shape index (κ3) is 3.23. The minimum atomic E-state index is 0.641. The Labute approximate surface area is 120 Å². The molecular weight excluding hydrogens is 246 g/mol. The van der Waals surface area contributed by atoms with Crippen molar-refractivity contribution in [2.75, 3.05) is 13.1 Å². The van der Waals surface area contributed by atoms with E-state index in [0.717, 1.165) is 18.8 Å². The molecule has 0 saturated carbocycles. The Hall–Kier alpha value is -1.74. The molecule has 2 aromatic rings. The summed E-state index contributed by atoms with van der Waals surface area (Å²) in [7, 11) is 0. The van der Waals surface area contributed by atoms with Crippen molar-refractivity contribution in [1.82, 2.24) is 14.9 Å². The van der Waals surface area contributed by atoms with Crippen molar-refractivity contribution in [3.63, 3.8) is 0 Å². The number of piperidine rings is 1. The molecule has 0 unspecified atom stereocenters. The van der Waals surface area contributed by atoms with Crippen molar-refractivity contribution in [1.29, 1.82) is 0 Å². The van der Waals surface area contributed by atoms with Gasteiger partial charge < -0.3 is 0 Å². The van der Waals surface area contributed by atoms with E-state index in [1.807, 2.05) is 24.7 Å². The molecule has 3 rings (SSSR count). The normalized spacial score (nSPS) is 19.9. The summed E-state index contributed by atoms with van der Waals surface area (Å²) >= 11 is 0. The van der Waals surface area contributed by atoms with Crippen LogP contribution in [0, 0.1) is 6.92 Å². The lowest BCUT2D eigenvalue weighted by molar-refractivity contribution is 0.200. The van der Waals surface area contributed by atoms with Gasteiger partial charge >= 0.3 is 0 Å². The van der Waals surface area contributed by atoms with Gasteiger partial charge in [-0.15, -0.1) is 0 Å². The lowest BCUT2D eigenvalue weighted by atomic mass is 9.90. The third-order valence-electron chi connectivity index (χ3n) is 4.03. The second-order valence-corrected chi connectivity index (χ2v) is 5.67. The molecule has 1 atom stereocenters. The zero-order valence-corrected chi connectivity index (χ0v) is 12.0. The average molecular weight is 267 g/mol. The fourth-order valence-corrected chi connectivity index (χ4v) is 3.04. The minimum Gasteiger partial charge on any atom is -0.298 e. The van der Waals surface area contributed by atoms with Crippen LogP contribution in [0.1, 0.15) is 35.6 Å². The summed E-state index contributed by atoms with van der Waals surface area (Å²) in [6.45, 7) is 5.40. The summed E-state index contributed by atoms with van der Waals surface area (Å²) in [5, 5.41) is 0. The molecule has 1 saturated heterocycles. The zero-order chi connectivity index (χ0) is 13.8. The van der Waals surface area contributed by atoms with Crippen molar-refractivity contribution in [3.8, 4) is 0 Å². The number of pyridine rings is 2. The van der Waals surface area contributed by atoms with Gasteiger partial charge in [-0.2, -0.15) is 0 Å². The summed E-state index contributed by atoms with van der Waals surface area (Å²) in [5.41, 5.74) is 3.86. The molecule has 0 bridgehead atoms. The van der Waals surface area contributed by atoms with Crippen molar-refractivity contribution in [2.24, 2.45) is 0 Å². The van der Waals surface area contributed by atoms with Crippen LogP contribution in [0.15, 0.2) is 42.9 Å². The van der Waals surface area contributed by atoms with Crippen molar-refractivity contribution in [2.45, 2.75) is 32.2 Å². The predicted octanol–water partition coefficient (Wildman–Crippen LogP) is 3.16. The first-order chi connectivity index (χ1) is 9.81. The van der Waals surface area contributed by atoms with E-state index in [0.29, 0.717) is 5.92 Å². The van der Waals surface area contributed by atoms with E-state index in [1.165, 1.54) is 30.5 Å². The van der Waals surface area contributed by atoms with Gasteiger partial charge in [0, 0.05) is 37.4 Å². The number of likely N-dealkylation sites (tertiary alicyclic amines) is 1. The molecule has 1 fully saturated rings. The Morgan fingerprint density at radius 1 is 1.30 bits per heavy atom. The first-order valence-corrected chi connectivity index (χ1v) is 7.35. The number of nitrogens with zero attached hydrogens (tertiary/aromatic N) is 3. The Kier molecular flexibility index (Phi) is 4.07. The number of hydrogen-bond donors (Lipinski definition) is 0.